The summed E-state index contributed by atoms with van der Waals surface area (Å²) in [6.45, 7) is -0.115. The molecule has 0 aliphatic carbocycles. The van der Waals surface area contributed by atoms with Crippen molar-refractivity contribution in [2.24, 2.45) is 5.73 Å². The molecule has 3 N–H and O–H groups in total. The van der Waals surface area contributed by atoms with E-state index in [4.69, 9.17) is 5.73 Å². The number of nitrogens with one attached hydrogen (secondary N) is 1. The number of nitrogens with two attached hydrogens (primary N) is 1. The van der Waals surface area contributed by atoms with Crippen LogP contribution in [-0.4, -0.2) is 42.3 Å². The van der Waals surface area contributed by atoms with Crippen molar-refractivity contribution < 1.29 is 14.5 Å². The second kappa shape index (κ2) is 5.80. The van der Waals surface area contributed by atoms with E-state index in [0.29, 0.717) is 0 Å². The van der Waals surface area contributed by atoms with Crippen LogP contribution in [-0.2, 0) is 4.79 Å². The van der Waals surface area contributed by atoms with Gasteiger partial charge in [0, 0.05) is 25.7 Å². The molecule has 0 aromatic heterocycles. The van der Waals surface area contributed by atoms with Crippen LogP contribution in [0.1, 0.15) is 10.4 Å². The highest BCUT2D eigenvalue weighted by molar-refractivity contribution is 5.94. The Balaban J connectivity index is 3.01. The number of amides is 2. The van der Waals surface area contributed by atoms with E-state index < -0.39 is 10.8 Å². The standard InChI is InChI=1S/C11H14N4O4/c1-14(2)10(16)6-13-8-5-7(11(12)17)3-4-9(8)15(18)19/h3-5,13H,6H2,1-2H3,(H2,12,17). The molecule has 0 heterocycles. The minimum atomic E-state index is -0.697. The number of rotatable bonds is 5. The van der Waals surface area contributed by atoms with Crippen LogP contribution in [0.4, 0.5) is 11.4 Å². The van der Waals surface area contributed by atoms with Gasteiger partial charge in [-0.05, 0) is 12.1 Å². The molecule has 0 spiro atoms. The number of anilines is 1. The van der Waals surface area contributed by atoms with Gasteiger partial charge in [0.25, 0.3) is 5.69 Å². The Morgan fingerprint density at radius 1 is 1.42 bits per heavy atom. The number of likely N-dealkylation sites (N-methyl/N-ethyl adjacent to an activating group) is 1. The van der Waals surface area contributed by atoms with Crippen molar-refractivity contribution in [2.75, 3.05) is 26.0 Å². The van der Waals surface area contributed by atoms with Gasteiger partial charge >= 0.3 is 0 Å². The van der Waals surface area contributed by atoms with Gasteiger partial charge in [-0.25, -0.2) is 0 Å². The molecule has 0 atom stereocenters. The monoisotopic (exact) mass is 266 g/mol. The van der Waals surface area contributed by atoms with Gasteiger partial charge in [-0.1, -0.05) is 0 Å². The minimum absolute atomic E-state index is 0.0801. The second-order valence-electron chi connectivity index (χ2n) is 4.00. The van der Waals surface area contributed by atoms with Gasteiger partial charge in [0.1, 0.15) is 5.69 Å². The third kappa shape index (κ3) is 3.66. The third-order valence-corrected chi connectivity index (χ3v) is 2.41. The average Bonchev–Trinajstić information content (AvgIpc) is 2.34. The number of primary amides is 1. The highest BCUT2D eigenvalue weighted by Crippen LogP contribution is 2.25. The van der Waals surface area contributed by atoms with Crippen molar-refractivity contribution in [1.29, 1.82) is 0 Å². The number of nitro groups is 1. The van der Waals surface area contributed by atoms with Crippen molar-refractivity contribution in [2.45, 2.75) is 0 Å². The number of carbonyl (C=O) groups is 2. The quantitative estimate of drug-likeness (QED) is 0.582. The summed E-state index contributed by atoms with van der Waals surface area (Å²) in [7, 11) is 3.14. The molecule has 0 saturated carbocycles. The zero-order chi connectivity index (χ0) is 14.6. The molecule has 0 unspecified atom stereocenters. The maximum atomic E-state index is 11.4. The molecule has 2 amide bonds. The van der Waals surface area contributed by atoms with Crippen LogP contribution in [0, 0.1) is 10.1 Å². The van der Waals surface area contributed by atoms with Gasteiger partial charge in [0.15, 0.2) is 0 Å². The van der Waals surface area contributed by atoms with Crippen LogP contribution >= 0.6 is 0 Å². The summed E-state index contributed by atoms with van der Waals surface area (Å²) in [5.41, 5.74) is 5.09. The summed E-state index contributed by atoms with van der Waals surface area (Å²) in [5, 5.41) is 13.5. The second-order valence-corrected chi connectivity index (χ2v) is 4.00. The first kappa shape index (κ1) is 14.4. The summed E-state index contributed by atoms with van der Waals surface area (Å²) in [6, 6.07) is 3.69. The maximum Gasteiger partial charge on any atom is 0.292 e. The highest BCUT2D eigenvalue weighted by atomic mass is 16.6. The van der Waals surface area contributed by atoms with Gasteiger partial charge in [-0.15, -0.1) is 0 Å². The van der Waals surface area contributed by atoms with E-state index in [1.165, 1.54) is 23.1 Å². The summed E-state index contributed by atoms with van der Waals surface area (Å²) >= 11 is 0. The molecule has 8 nitrogen and oxygen atoms in total. The maximum absolute atomic E-state index is 11.4. The first-order valence-corrected chi connectivity index (χ1v) is 5.35. The Hall–Kier alpha value is -2.64. The lowest BCUT2D eigenvalue weighted by Gasteiger charge is -2.12. The predicted octanol–water partition coefficient (Wildman–Crippen LogP) is 0.194. The van der Waals surface area contributed by atoms with Gasteiger partial charge in [0.05, 0.1) is 11.5 Å². The molecule has 102 valence electrons. The SMILES string of the molecule is CN(C)C(=O)CNc1cc(C(N)=O)ccc1[N+](=O)[O-]. The number of carbonyl (C=O) groups excluding carboxylic acids is 2. The van der Waals surface area contributed by atoms with Crippen LogP contribution in [0.25, 0.3) is 0 Å². The van der Waals surface area contributed by atoms with Gasteiger partial charge in [0.2, 0.25) is 11.8 Å². The van der Waals surface area contributed by atoms with Crippen molar-refractivity contribution in [3.8, 4) is 0 Å². The number of benzene rings is 1. The molecular weight excluding hydrogens is 252 g/mol. The van der Waals surface area contributed by atoms with Gasteiger partial charge in [-0.3, -0.25) is 19.7 Å². The molecule has 0 aliphatic rings. The lowest BCUT2D eigenvalue weighted by molar-refractivity contribution is -0.383. The smallest absolute Gasteiger partial charge is 0.292 e. The first-order chi connectivity index (χ1) is 8.82. The zero-order valence-electron chi connectivity index (χ0n) is 10.5. The van der Waals surface area contributed by atoms with Crippen LogP contribution in [0.2, 0.25) is 0 Å². The lowest BCUT2D eigenvalue weighted by atomic mass is 10.1. The van der Waals surface area contributed by atoms with Crippen molar-refractivity contribution in [3.63, 3.8) is 0 Å². The zero-order valence-corrected chi connectivity index (χ0v) is 10.5. The summed E-state index contributed by atoms with van der Waals surface area (Å²) in [6.07, 6.45) is 0. The predicted molar refractivity (Wildman–Crippen MR) is 68.8 cm³/mol. The molecular formula is C11H14N4O4. The van der Waals surface area contributed by atoms with E-state index in [2.05, 4.69) is 5.32 Å². The van der Waals surface area contributed by atoms with Crippen molar-refractivity contribution in [3.05, 3.63) is 33.9 Å². The summed E-state index contributed by atoms with van der Waals surface area (Å²) in [4.78, 5) is 34.0. The Bertz CT molecular complexity index is 527. The number of hydrogen-bond donors (Lipinski definition) is 2. The van der Waals surface area contributed by atoms with Crippen molar-refractivity contribution >= 4 is 23.2 Å². The minimum Gasteiger partial charge on any atom is -0.371 e. The third-order valence-electron chi connectivity index (χ3n) is 2.41. The van der Waals surface area contributed by atoms with E-state index in [0.717, 1.165) is 0 Å². The fourth-order valence-corrected chi connectivity index (χ4v) is 1.32. The lowest BCUT2D eigenvalue weighted by Crippen LogP contribution is -2.28. The topological polar surface area (TPSA) is 119 Å². The summed E-state index contributed by atoms with van der Waals surface area (Å²) < 4.78 is 0. The molecule has 1 rings (SSSR count). The molecule has 0 saturated heterocycles. The molecule has 8 heteroatoms. The first-order valence-electron chi connectivity index (χ1n) is 5.35. The fraction of sp³-hybridized carbons (Fsp3) is 0.273. The molecule has 1 aromatic carbocycles. The molecule has 0 bridgehead atoms. The van der Waals surface area contributed by atoms with Crippen LogP contribution in [0.5, 0.6) is 0 Å². The van der Waals surface area contributed by atoms with Gasteiger partial charge in [-0.2, -0.15) is 0 Å². The average molecular weight is 266 g/mol. The Morgan fingerprint density at radius 2 is 2.05 bits per heavy atom. The molecule has 19 heavy (non-hydrogen) atoms. The van der Waals surface area contributed by atoms with Gasteiger partial charge < -0.3 is 16.0 Å². The molecule has 0 fully saturated rings. The normalized spacial score (nSPS) is 9.79. The van der Waals surface area contributed by atoms with E-state index >= 15 is 0 Å². The van der Waals surface area contributed by atoms with Crippen LogP contribution < -0.4 is 11.1 Å². The van der Waals surface area contributed by atoms with Crippen LogP contribution in [0.15, 0.2) is 18.2 Å². The van der Waals surface area contributed by atoms with E-state index in [-0.39, 0.29) is 29.4 Å². The highest BCUT2D eigenvalue weighted by Gasteiger charge is 2.16. The molecule has 0 aliphatic heterocycles. The van der Waals surface area contributed by atoms with Crippen LogP contribution in [0.3, 0.4) is 0 Å². The fourth-order valence-electron chi connectivity index (χ4n) is 1.32. The van der Waals surface area contributed by atoms with E-state index in [1.807, 2.05) is 0 Å². The molecule has 0 radical (unpaired) electrons. The number of nitrogens with zero attached hydrogens (tertiary/aromatic N) is 2. The Labute approximate surface area is 109 Å². The largest absolute Gasteiger partial charge is 0.371 e. The van der Waals surface area contributed by atoms with E-state index in [1.54, 1.807) is 14.1 Å². The molecule has 1 aromatic rings. The van der Waals surface area contributed by atoms with Crippen molar-refractivity contribution in [1.82, 2.24) is 4.90 Å². The number of nitro benzene ring substituents is 1. The number of hydrogen-bond acceptors (Lipinski definition) is 5. The Kier molecular flexibility index (Phi) is 4.41. The summed E-state index contributed by atoms with van der Waals surface area (Å²) in [5.74, 6) is -0.948. The Morgan fingerprint density at radius 3 is 2.53 bits per heavy atom. The van der Waals surface area contributed by atoms with E-state index in [9.17, 15) is 19.7 Å².